The summed E-state index contributed by atoms with van der Waals surface area (Å²) >= 11 is 0. The van der Waals surface area contributed by atoms with Gasteiger partial charge in [0.05, 0.1) is 5.60 Å². The van der Waals surface area contributed by atoms with Gasteiger partial charge in [-0.05, 0) is 25.7 Å². The lowest BCUT2D eigenvalue weighted by Crippen LogP contribution is -2.31. The van der Waals surface area contributed by atoms with Gasteiger partial charge in [-0.25, -0.2) is 0 Å². The SMILES string of the molecule is COCCCC(C)(O)C(C)C. The lowest BCUT2D eigenvalue weighted by atomic mass is 9.88. The highest BCUT2D eigenvalue weighted by atomic mass is 16.5. The molecule has 0 heterocycles. The first-order chi connectivity index (χ1) is 5.00. The highest BCUT2D eigenvalue weighted by Gasteiger charge is 2.23. The largest absolute Gasteiger partial charge is 0.390 e. The Balaban J connectivity index is 3.55. The molecular formula is C9H20O2. The van der Waals surface area contributed by atoms with Gasteiger partial charge in [-0.15, -0.1) is 0 Å². The van der Waals surface area contributed by atoms with Crippen LogP contribution in [0.3, 0.4) is 0 Å². The minimum absolute atomic E-state index is 0.319. The van der Waals surface area contributed by atoms with Crippen molar-refractivity contribution in [3.8, 4) is 0 Å². The minimum Gasteiger partial charge on any atom is -0.390 e. The maximum Gasteiger partial charge on any atom is 0.0643 e. The second-order valence-electron chi connectivity index (χ2n) is 3.61. The Morgan fingerprint density at radius 2 is 2.00 bits per heavy atom. The van der Waals surface area contributed by atoms with Crippen molar-refractivity contribution in [1.82, 2.24) is 0 Å². The quantitative estimate of drug-likeness (QED) is 0.622. The third-order valence-corrected chi connectivity index (χ3v) is 2.28. The molecule has 0 aliphatic carbocycles. The van der Waals surface area contributed by atoms with Gasteiger partial charge in [0, 0.05) is 13.7 Å². The first-order valence-corrected chi connectivity index (χ1v) is 4.22. The van der Waals surface area contributed by atoms with Crippen molar-refractivity contribution >= 4 is 0 Å². The van der Waals surface area contributed by atoms with Gasteiger partial charge in [0.25, 0.3) is 0 Å². The second-order valence-corrected chi connectivity index (χ2v) is 3.61. The summed E-state index contributed by atoms with van der Waals surface area (Å²) in [5.74, 6) is 0.319. The Bertz CT molecular complexity index is 97.7. The summed E-state index contributed by atoms with van der Waals surface area (Å²) in [5.41, 5.74) is -0.529. The van der Waals surface area contributed by atoms with Crippen molar-refractivity contribution in [1.29, 1.82) is 0 Å². The van der Waals surface area contributed by atoms with Crippen LogP contribution in [-0.4, -0.2) is 24.4 Å². The van der Waals surface area contributed by atoms with Gasteiger partial charge >= 0.3 is 0 Å². The van der Waals surface area contributed by atoms with E-state index < -0.39 is 5.60 Å². The van der Waals surface area contributed by atoms with Crippen LogP contribution in [0.25, 0.3) is 0 Å². The smallest absolute Gasteiger partial charge is 0.0643 e. The van der Waals surface area contributed by atoms with Gasteiger partial charge in [0.2, 0.25) is 0 Å². The zero-order chi connectivity index (χ0) is 8.91. The number of aliphatic hydroxyl groups is 1. The number of ether oxygens (including phenoxy) is 1. The molecule has 68 valence electrons. The van der Waals surface area contributed by atoms with Crippen molar-refractivity contribution in [2.45, 2.75) is 39.2 Å². The third kappa shape index (κ3) is 4.38. The van der Waals surface area contributed by atoms with Crippen LogP contribution in [0.2, 0.25) is 0 Å². The van der Waals surface area contributed by atoms with E-state index in [9.17, 15) is 5.11 Å². The molecule has 1 atom stereocenters. The standard InChI is InChI=1S/C9H20O2/c1-8(2)9(3,10)6-5-7-11-4/h8,10H,5-7H2,1-4H3. The molecule has 0 aliphatic heterocycles. The Kier molecular flexibility index (Phi) is 4.69. The number of hydrogen-bond acceptors (Lipinski definition) is 2. The van der Waals surface area contributed by atoms with E-state index in [1.165, 1.54) is 0 Å². The monoisotopic (exact) mass is 160 g/mol. The predicted octanol–water partition coefficient (Wildman–Crippen LogP) is 1.82. The number of hydrogen-bond donors (Lipinski definition) is 1. The van der Waals surface area contributed by atoms with Crippen LogP contribution in [0, 0.1) is 5.92 Å². The molecule has 0 amide bonds. The molecule has 0 fully saturated rings. The first kappa shape index (κ1) is 10.9. The molecule has 0 saturated carbocycles. The van der Waals surface area contributed by atoms with Crippen LogP contribution in [0.15, 0.2) is 0 Å². The zero-order valence-electron chi connectivity index (χ0n) is 8.05. The van der Waals surface area contributed by atoms with Crippen LogP contribution >= 0.6 is 0 Å². The van der Waals surface area contributed by atoms with Crippen LogP contribution in [0.4, 0.5) is 0 Å². The van der Waals surface area contributed by atoms with E-state index in [4.69, 9.17) is 4.74 Å². The van der Waals surface area contributed by atoms with Crippen molar-refractivity contribution in [2.24, 2.45) is 5.92 Å². The van der Waals surface area contributed by atoms with Gasteiger partial charge < -0.3 is 9.84 Å². The summed E-state index contributed by atoms with van der Waals surface area (Å²) < 4.78 is 4.91. The molecule has 1 N–H and O–H groups in total. The van der Waals surface area contributed by atoms with E-state index >= 15 is 0 Å². The molecule has 1 unspecified atom stereocenters. The zero-order valence-corrected chi connectivity index (χ0v) is 8.05. The van der Waals surface area contributed by atoms with E-state index in [2.05, 4.69) is 0 Å². The molecule has 2 nitrogen and oxygen atoms in total. The molecule has 2 heteroatoms. The summed E-state index contributed by atoms with van der Waals surface area (Å²) in [7, 11) is 1.68. The number of methoxy groups -OCH3 is 1. The molecular weight excluding hydrogens is 140 g/mol. The van der Waals surface area contributed by atoms with E-state index in [-0.39, 0.29) is 0 Å². The third-order valence-electron chi connectivity index (χ3n) is 2.28. The van der Waals surface area contributed by atoms with Crippen LogP contribution in [0.5, 0.6) is 0 Å². The second kappa shape index (κ2) is 4.73. The predicted molar refractivity (Wildman–Crippen MR) is 46.6 cm³/mol. The van der Waals surface area contributed by atoms with E-state index in [1.807, 2.05) is 20.8 Å². The topological polar surface area (TPSA) is 29.5 Å². The summed E-state index contributed by atoms with van der Waals surface area (Å²) in [6.07, 6.45) is 1.75. The van der Waals surface area contributed by atoms with Gasteiger partial charge in [0.15, 0.2) is 0 Å². The number of rotatable bonds is 5. The summed E-state index contributed by atoms with van der Waals surface area (Å²) in [6.45, 7) is 6.69. The van der Waals surface area contributed by atoms with Crippen molar-refractivity contribution in [2.75, 3.05) is 13.7 Å². The average molecular weight is 160 g/mol. The fraction of sp³-hybridized carbons (Fsp3) is 1.00. The van der Waals surface area contributed by atoms with Crippen LogP contribution in [-0.2, 0) is 4.74 Å². The Morgan fingerprint density at radius 1 is 1.45 bits per heavy atom. The molecule has 0 spiro atoms. The lowest BCUT2D eigenvalue weighted by molar-refractivity contribution is -0.00172. The van der Waals surface area contributed by atoms with Gasteiger partial charge in [-0.2, -0.15) is 0 Å². The van der Waals surface area contributed by atoms with Crippen molar-refractivity contribution < 1.29 is 9.84 Å². The summed E-state index contributed by atoms with van der Waals surface area (Å²) in [5, 5.41) is 9.76. The highest BCUT2D eigenvalue weighted by molar-refractivity contribution is 4.75. The highest BCUT2D eigenvalue weighted by Crippen LogP contribution is 2.21. The van der Waals surface area contributed by atoms with Gasteiger partial charge in [-0.1, -0.05) is 13.8 Å². The molecule has 0 rings (SSSR count). The molecule has 11 heavy (non-hydrogen) atoms. The van der Waals surface area contributed by atoms with Crippen molar-refractivity contribution in [3.05, 3.63) is 0 Å². The van der Waals surface area contributed by atoms with E-state index in [0.717, 1.165) is 19.4 Å². The average Bonchev–Trinajstić information content (AvgIpc) is 1.88. The molecule has 0 bridgehead atoms. The first-order valence-electron chi connectivity index (χ1n) is 4.22. The maximum absolute atomic E-state index is 9.76. The lowest BCUT2D eigenvalue weighted by Gasteiger charge is -2.27. The van der Waals surface area contributed by atoms with E-state index in [0.29, 0.717) is 5.92 Å². The van der Waals surface area contributed by atoms with Crippen molar-refractivity contribution in [3.63, 3.8) is 0 Å². The Morgan fingerprint density at radius 3 is 2.36 bits per heavy atom. The molecule has 0 radical (unpaired) electrons. The van der Waals surface area contributed by atoms with Gasteiger partial charge in [0.1, 0.15) is 0 Å². The fourth-order valence-corrected chi connectivity index (χ4v) is 0.863. The Hall–Kier alpha value is -0.0800. The molecule has 0 saturated heterocycles. The fourth-order valence-electron chi connectivity index (χ4n) is 0.863. The normalized spacial score (nSPS) is 16.9. The van der Waals surface area contributed by atoms with Crippen LogP contribution < -0.4 is 0 Å². The summed E-state index contributed by atoms with van der Waals surface area (Å²) in [4.78, 5) is 0. The molecule has 0 aliphatic rings. The Labute approximate surface area is 69.6 Å². The van der Waals surface area contributed by atoms with Crippen LogP contribution in [0.1, 0.15) is 33.6 Å². The molecule has 0 aromatic carbocycles. The maximum atomic E-state index is 9.76. The molecule has 0 aromatic rings. The summed E-state index contributed by atoms with van der Waals surface area (Å²) in [6, 6.07) is 0. The minimum atomic E-state index is -0.529. The van der Waals surface area contributed by atoms with Gasteiger partial charge in [-0.3, -0.25) is 0 Å². The van der Waals surface area contributed by atoms with E-state index in [1.54, 1.807) is 7.11 Å². The molecule has 0 aromatic heterocycles.